The molecule has 1 fully saturated rings. The number of hydrogen-bond donors (Lipinski definition) is 2. The second kappa shape index (κ2) is 7.75. The molecule has 3 heterocycles. The molecule has 2 N–H and O–H groups in total. The molecule has 0 saturated carbocycles. The second-order valence-corrected chi connectivity index (χ2v) is 9.81. The van der Waals surface area contributed by atoms with E-state index < -0.39 is 16.8 Å². The Labute approximate surface area is 179 Å². The average molecular weight is 425 g/mol. The lowest BCUT2D eigenvalue weighted by Gasteiger charge is -2.30. The lowest BCUT2D eigenvalue weighted by atomic mass is 10.0. The zero-order valence-corrected chi connectivity index (χ0v) is 17.9. The minimum atomic E-state index is -0.723. The van der Waals surface area contributed by atoms with Gasteiger partial charge < -0.3 is 15.5 Å². The van der Waals surface area contributed by atoms with Crippen molar-refractivity contribution in [2.24, 2.45) is 0 Å². The molecule has 1 unspecified atom stereocenters. The summed E-state index contributed by atoms with van der Waals surface area (Å²) in [5, 5.41) is 5.44. The summed E-state index contributed by atoms with van der Waals surface area (Å²) in [7, 11) is 0. The fourth-order valence-electron chi connectivity index (χ4n) is 4.01. The van der Waals surface area contributed by atoms with Crippen LogP contribution in [0.4, 0.5) is 0 Å². The van der Waals surface area contributed by atoms with Crippen molar-refractivity contribution in [3.8, 4) is 0 Å². The Kier molecular flexibility index (Phi) is 5.27. The Hall–Kier alpha value is -2.87. The molecule has 0 bridgehead atoms. The first-order chi connectivity index (χ1) is 14.3. The normalized spacial score (nSPS) is 22.2. The highest BCUT2D eigenvalue weighted by Crippen LogP contribution is 2.56. The van der Waals surface area contributed by atoms with Crippen molar-refractivity contribution in [3.63, 3.8) is 0 Å². The van der Waals surface area contributed by atoms with E-state index in [9.17, 15) is 14.4 Å². The maximum Gasteiger partial charge on any atom is 0.256 e. The maximum atomic E-state index is 13.2. The molecule has 3 atom stereocenters. The molecule has 2 aliphatic rings. The van der Waals surface area contributed by atoms with E-state index in [1.807, 2.05) is 44.2 Å². The van der Waals surface area contributed by atoms with Gasteiger partial charge in [0.2, 0.25) is 11.8 Å². The Morgan fingerprint density at radius 2 is 1.90 bits per heavy atom. The Balaban J connectivity index is 1.45. The number of pyridine rings is 1. The van der Waals surface area contributed by atoms with E-state index in [0.717, 1.165) is 11.1 Å². The minimum absolute atomic E-state index is 0.136. The molecule has 2 aromatic rings. The molecule has 8 heteroatoms. The van der Waals surface area contributed by atoms with Crippen LogP contribution >= 0.6 is 11.8 Å². The van der Waals surface area contributed by atoms with Crippen LogP contribution in [0.25, 0.3) is 0 Å². The van der Waals surface area contributed by atoms with Crippen LogP contribution in [0.1, 0.15) is 47.6 Å². The van der Waals surface area contributed by atoms with Crippen LogP contribution in [0.5, 0.6) is 0 Å². The number of amides is 3. The van der Waals surface area contributed by atoms with Gasteiger partial charge in [0.05, 0.1) is 0 Å². The SMILES string of the molecule is C[C@H](NC(=O)[C@H]1N2C(=O)c3ccccc3C2SC1(C)C)C(=O)NCc1ccncc1. The summed E-state index contributed by atoms with van der Waals surface area (Å²) >= 11 is 1.60. The van der Waals surface area contributed by atoms with Gasteiger partial charge in [0.25, 0.3) is 5.91 Å². The maximum absolute atomic E-state index is 13.2. The van der Waals surface area contributed by atoms with Gasteiger partial charge >= 0.3 is 0 Å². The Bertz CT molecular complexity index is 995. The van der Waals surface area contributed by atoms with Crippen LogP contribution in [0.3, 0.4) is 0 Å². The van der Waals surface area contributed by atoms with Crippen molar-refractivity contribution in [3.05, 3.63) is 65.5 Å². The molecule has 4 rings (SSSR count). The first-order valence-electron chi connectivity index (χ1n) is 9.86. The van der Waals surface area contributed by atoms with Crippen LogP contribution in [0.2, 0.25) is 0 Å². The van der Waals surface area contributed by atoms with Gasteiger partial charge in [-0.05, 0) is 50.1 Å². The van der Waals surface area contributed by atoms with Gasteiger partial charge in [-0.1, -0.05) is 18.2 Å². The highest BCUT2D eigenvalue weighted by atomic mass is 32.2. The van der Waals surface area contributed by atoms with Crippen molar-refractivity contribution >= 4 is 29.5 Å². The summed E-state index contributed by atoms with van der Waals surface area (Å²) in [6.45, 7) is 5.93. The van der Waals surface area contributed by atoms with E-state index in [2.05, 4.69) is 15.6 Å². The van der Waals surface area contributed by atoms with E-state index in [1.165, 1.54) is 0 Å². The number of benzene rings is 1. The van der Waals surface area contributed by atoms with Crippen LogP contribution < -0.4 is 10.6 Å². The Morgan fingerprint density at radius 3 is 2.63 bits per heavy atom. The fourth-order valence-corrected chi connectivity index (χ4v) is 5.59. The first-order valence-corrected chi connectivity index (χ1v) is 10.7. The average Bonchev–Trinajstić information content (AvgIpc) is 3.16. The van der Waals surface area contributed by atoms with Crippen LogP contribution in [0.15, 0.2) is 48.8 Å². The molecule has 156 valence electrons. The summed E-state index contributed by atoms with van der Waals surface area (Å²) in [5.74, 6) is -0.734. The number of nitrogens with one attached hydrogen (secondary N) is 2. The predicted molar refractivity (Wildman–Crippen MR) is 114 cm³/mol. The summed E-state index contributed by atoms with van der Waals surface area (Å²) in [4.78, 5) is 44.3. The third kappa shape index (κ3) is 3.56. The lowest BCUT2D eigenvalue weighted by Crippen LogP contribution is -2.56. The number of aromatic nitrogens is 1. The highest BCUT2D eigenvalue weighted by Gasteiger charge is 2.57. The number of carbonyl (C=O) groups is 3. The first kappa shape index (κ1) is 20.4. The largest absolute Gasteiger partial charge is 0.350 e. The zero-order valence-electron chi connectivity index (χ0n) is 17.1. The second-order valence-electron chi connectivity index (χ2n) is 8.08. The predicted octanol–water partition coefficient (Wildman–Crippen LogP) is 2.25. The molecule has 3 amide bonds. The van der Waals surface area contributed by atoms with Crippen molar-refractivity contribution in [1.82, 2.24) is 20.5 Å². The number of fused-ring (bicyclic) bond motifs is 3. The lowest BCUT2D eigenvalue weighted by molar-refractivity contribution is -0.131. The molecule has 2 aliphatic heterocycles. The van der Waals surface area contributed by atoms with Gasteiger partial charge in [-0.15, -0.1) is 11.8 Å². The van der Waals surface area contributed by atoms with Crippen molar-refractivity contribution in [2.75, 3.05) is 0 Å². The van der Waals surface area contributed by atoms with Gasteiger partial charge in [-0.25, -0.2) is 0 Å². The monoisotopic (exact) mass is 424 g/mol. The van der Waals surface area contributed by atoms with Crippen molar-refractivity contribution in [2.45, 2.75) is 49.5 Å². The molecule has 7 nitrogen and oxygen atoms in total. The van der Waals surface area contributed by atoms with Gasteiger partial charge in [-0.2, -0.15) is 0 Å². The van der Waals surface area contributed by atoms with Crippen molar-refractivity contribution in [1.29, 1.82) is 0 Å². The van der Waals surface area contributed by atoms with E-state index in [1.54, 1.807) is 42.0 Å². The number of carbonyl (C=O) groups excluding carboxylic acids is 3. The van der Waals surface area contributed by atoms with Gasteiger partial charge in [-0.3, -0.25) is 19.4 Å². The smallest absolute Gasteiger partial charge is 0.256 e. The van der Waals surface area contributed by atoms with E-state index in [4.69, 9.17) is 0 Å². The zero-order chi connectivity index (χ0) is 21.5. The topological polar surface area (TPSA) is 91.4 Å². The quantitative estimate of drug-likeness (QED) is 0.768. The van der Waals surface area contributed by atoms with Gasteiger partial charge in [0, 0.05) is 29.2 Å². The standard InChI is InChI=1S/C22H24N4O3S/c1-13(18(27)24-12-14-8-10-23-11-9-14)25-19(28)17-22(2,3)30-21-16-7-5-4-6-15(16)20(29)26(17)21/h4-11,13,17,21H,12H2,1-3H3,(H,24,27)(H,25,28)/t13-,17+,21?/m0/s1. The number of thioether (sulfide) groups is 1. The number of nitrogens with zero attached hydrogens (tertiary/aromatic N) is 2. The third-order valence-corrected chi connectivity index (χ3v) is 7.05. The fraction of sp³-hybridized carbons (Fsp3) is 0.364. The van der Waals surface area contributed by atoms with Gasteiger partial charge in [0.15, 0.2) is 0 Å². The van der Waals surface area contributed by atoms with E-state index in [-0.39, 0.29) is 23.1 Å². The molecule has 0 aliphatic carbocycles. The molecule has 1 aromatic heterocycles. The molecule has 0 spiro atoms. The molecule has 30 heavy (non-hydrogen) atoms. The molecular formula is C22H24N4O3S. The van der Waals surface area contributed by atoms with Crippen LogP contribution in [0, 0.1) is 0 Å². The molecule has 1 saturated heterocycles. The number of hydrogen-bond acceptors (Lipinski definition) is 5. The summed E-state index contributed by atoms with van der Waals surface area (Å²) in [6.07, 6.45) is 3.32. The van der Waals surface area contributed by atoms with E-state index >= 15 is 0 Å². The molecule has 0 radical (unpaired) electrons. The van der Waals surface area contributed by atoms with E-state index in [0.29, 0.717) is 12.1 Å². The minimum Gasteiger partial charge on any atom is -0.350 e. The van der Waals surface area contributed by atoms with Crippen molar-refractivity contribution < 1.29 is 14.4 Å². The van der Waals surface area contributed by atoms with Crippen LogP contribution in [-0.4, -0.2) is 44.4 Å². The Morgan fingerprint density at radius 1 is 1.20 bits per heavy atom. The van der Waals surface area contributed by atoms with Gasteiger partial charge in [0.1, 0.15) is 17.5 Å². The summed E-state index contributed by atoms with van der Waals surface area (Å²) in [5.41, 5.74) is 2.51. The van der Waals surface area contributed by atoms with Crippen LogP contribution in [-0.2, 0) is 16.1 Å². The summed E-state index contributed by atoms with van der Waals surface area (Å²) in [6, 6.07) is 9.73. The third-order valence-electron chi connectivity index (χ3n) is 5.51. The highest BCUT2D eigenvalue weighted by molar-refractivity contribution is 8.01. The summed E-state index contributed by atoms with van der Waals surface area (Å²) < 4.78 is -0.481. The molecule has 1 aromatic carbocycles. The number of rotatable bonds is 5. The molecular weight excluding hydrogens is 400 g/mol.